The van der Waals surface area contributed by atoms with Crippen molar-refractivity contribution in [1.82, 2.24) is 5.32 Å². The Bertz CT molecular complexity index is 1520. The van der Waals surface area contributed by atoms with Gasteiger partial charge >= 0.3 is 5.97 Å². The molecular formula is C71H131NO10. The maximum atomic E-state index is 13.5. The van der Waals surface area contributed by atoms with E-state index in [2.05, 4.69) is 62.5 Å². The Morgan fingerprint density at radius 2 is 0.841 bits per heavy atom. The van der Waals surface area contributed by atoms with E-state index in [4.69, 9.17) is 14.2 Å². The Hall–Kier alpha value is -2.38. The van der Waals surface area contributed by atoms with Crippen LogP contribution in [0.5, 0.6) is 0 Å². The highest BCUT2D eigenvalue weighted by Gasteiger charge is 2.47. The minimum Gasteiger partial charge on any atom is -0.454 e. The molecule has 1 fully saturated rings. The zero-order valence-electron chi connectivity index (χ0n) is 53.4. The third-order valence-electron chi connectivity index (χ3n) is 16.5. The molecule has 1 heterocycles. The summed E-state index contributed by atoms with van der Waals surface area (Å²) >= 11 is 0. The molecule has 8 atom stereocenters. The molecule has 0 aromatic heterocycles. The van der Waals surface area contributed by atoms with E-state index in [0.29, 0.717) is 19.3 Å². The normalized spacial score (nSPS) is 18.9. The number of amides is 1. The topological polar surface area (TPSA) is 175 Å². The van der Waals surface area contributed by atoms with Crippen LogP contribution in [-0.2, 0) is 23.8 Å². The number of hydrogen-bond donors (Lipinski definition) is 6. The highest BCUT2D eigenvalue weighted by Crippen LogP contribution is 2.26. The molecule has 6 N–H and O–H groups in total. The molecule has 11 heteroatoms. The first-order valence-electron chi connectivity index (χ1n) is 34.9. The molecule has 1 aliphatic heterocycles. The zero-order chi connectivity index (χ0) is 59.6. The molecule has 1 saturated heterocycles. The summed E-state index contributed by atoms with van der Waals surface area (Å²) in [6, 6.07) is -1.02. The average molecular weight is 1160 g/mol. The van der Waals surface area contributed by atoms with Crippen molar-refractivity contribution in [2.45, 2.75) is 378 Å². The second-order valence-electron chi connectivity index (χ2n) is 24.3. The van der Waals surface area contributed by atoms with E-state index < -0.39 is 67.4 Å². The van der Waals surface area contributed by atoms with Crippen LogP contribution in [0.1, 0.15) is 329 Å². The van der Waals surface area contributed by atoms with Gasteiger partial charge in [0.05, 0.1) is 25.4 Å². The van der Waals surface area contributed by atoms with Crippen molar-refractivity contribution in [2.75, 3.05) is 13.2 Å². The van der Waals surface area contributed by atoms with Crippen molar-refractivity contribution in [3.63, 3.8) is 0 Å². The molecule has 0 radical (unpaired) electrons. The fraction of sp³-hybridized carbons (Fsp3) is 0.859. The number of carbonyl (C=O) groups excluding carboxylic acids is 2. The van der Waals surface area contributed by atoms with Crippen molar-refractivity contribution in [3.05, 3.63) is 48.6 Å². The number of nitrogens with one attached hydrogen (secondary N) is 1. The van der Waals surface area contributed by atoms with Crippen molar-refractivity contribution < 1.29 is 49.3 Å². The third kappa shape index (κ3) is 45.9. The van der Waals surface area contributed by atoms with Crippen molar-refractivity contribution >= 4 is 11.9 Å². The molecular weight excluding hydrogens is 1030 g/mol. The van der Waals surface area contributed by atoms with Crippen LogP contribution < -0.4 is 5.32 Å². The molecule has 0 spiro atoms. The summed E-state index contributed by atoms with van der Waals surface area (Å²) in [5, 5.41) is 57.2. The number of rotatable bonds is 60. The molecule has 1 aliphatic rings. The van der Waals surface area contributed by atoms with E-state index in [0.717, 1.165) is 64.2 Å². The second kappa shape index (κ2) is 59.0. The van der Waals surface area contributed by atoms with Crippen LogP contribution in [0.2, 0.25) is 0 Å². The molecule has 1 amide bonds. The van der Waals surface area contributed by atoms with Gasteiger partial charge in [0, 0.05) is 6.42 Å². The monoisotopic (exact) mass is 1160 g/mol. The highest BCUT2D eigenvalue weighted by atomic mass is 16.7. The van der Waals surface area contributed by atoms with Gasteiger partial charge < -0.3 is 45.1 Å². The lowest BCUT2D eigenvalue weighted by Crippen LogP contribution is -2.61. The van der Waals surface area contributed by atoms with Gasteiger partial charge in [-0.3, -0.25) is 9.59 Å². The Balaban J connectivity index is 2.59. The summed E-state index contributed by atoms with van der Waals surface area (Å²) in [6.45, 7) is 5.80. The predicted octanol–water partition coefficient (Wildman–Crippen LogP) is 17.6. The van der Waals surface area contributed by atoms with E-state index in [9.17, 15) is 35.1 Å². The van der Waals surface area contributed by atoms with Gasteiger partial charge in [0.1, 0.15) is 24.4 Å². The standard InChI is InChI=1S/C71H131NO10/c1-4-7-10-13-16-19-22-25-27-29-31-33-35-37-39-41-44-47-50-53-56-59-66(76)82-69-68(78)67(77)65(60-73)81-71(69)80-61-62(63(74)57-54-51-48-45-42-24-21-18-15-12-9-6-3)72-70(79)64(75)58-55-52-49-46-43-40-38-36-34-32-30-28-26-23-20-17-14-11-8-5-2/h16,19,25-28,54,57,62-65,67-69,71,73-75,77-78H,4-15,17-18,20-24,29-53,55-56,58-61H2,1-3H3,(H,72,79)/b19-16-,27-25-,28-26+,57-54+. The summed E-state index contributed by atoms with van der Waals surface area (Å²) in [7, 11) is 0. The minimum atomic E-state index is -1.61. The van der Waals surface area contributed by atoms with E-state index >= 15 is 0 Å². The largest absolute Gasteiger partial charge is 0.454 e. The van der Waals surface area contributed by atoms with Gasteiger partial charge in [0.15, 0.2) is 12.4 Å². The fourth-order valence-corrected chi connectivity index (χ4v) is 10.9. The molecule has 480 valence electrons. The third-order valence-corrected chi connectivity index (χ3v) is 16.5. The lowest BCUT2D eigenvalue weighted by molar-refractivity contribution is -0.305. The Labute approximate surface area is 504 Å². The average Bonchev–Trinajstić information content (AvgIpc) is 3.44. The quantitative estimate of drug-likeness (QED) is 0.0195. The number of carbonyl (C=O) groups is 2. The number of hydrogen-bond acceptors (Lipinski definition) is 10. The van der Waals surface area contributed by atoms with Crippen LogP contribution in [0.25, 0.3) is 0 Å². The molecule has 0 aliphatic carbocycles. The molecule has 1 rings (SSSR count). The van der Waals surface area contributed by atoms with Gasteiger partial charge in [-0.05, 0) is 83.5 Å². The zero-order valence-corrected chi connectivity index (χ0v) is 53.4. The highest BCUT2D eigenvalue weighted by molar-refractivity contribution is 5.80. The van der Waals surface area contributed by atoms with Gasteiger partial charge in [0.2, 0.25) is 5.91 Å². The summed E-state index contributed by atoms with van der Waals surface area (Å²) in [5.41, 5.74) is 0. The number of esters is 1. The summed E-state index contributed by atoms with van der Waals surface area (Å²) in [4.78, 5) is 26.7. The summed E-state index contributed by atoms with van der Waals surface area (Å²) in [6.07, 6.45) is 62.9. The Morgan fingerprint density at radius 3 is 1.28 bits per heavy atom. The number of ether oxygens (including phenoxy) is 3. The second-order valence-corrected chi connectivity index (χ2v) is 24.3. The smallest absolute Gasteiger partial charge is 0.306 e. The van der Waals surface area contributed by atoms with Crippen LogP contribution in [0.15, 0.2) is 48.6 Å². The minimum absolute atomic E-state index is 0.122. The summed E-state index contributed by atoms with van der Waals surface area (Å²) < 4.78 is 17.7. The maximum absolute atomic E-state index is 13.5. The molecule has 0 saturated carbocycles. The van der Waals surface area contributed by atoms with Crippen LogP contribution in [-0.4, -0.2) is 99.6 Å². The molecule has 0 aromatic carbocycles. The predicted molar refractivity (Wildman–Crippen MR) is 343 cm³/mol. The van der Waals surface area contributed by atoms with Crippen molar-refractivity contribution in [3.8, 4) is 0 Å². The van der Waals surface area contributed by atoms with Gasteiger partial charge in [-0.2, -0.15) is 0 Å². The molecule has 0 aromatic rings. The van der Waals surface area contributed by atoms with E-state index in [-0.39, 0.29) is 13.0 Å². The lowest BCUT2D eigenvalue weighted by Gasteiger charge is -2.41. The van der Waals surface area contributed by atoms with Gasteiger partial charge in [0.25, 0.3) is 0 Å². The van der Waals surface area contributed by atoms with Crippen LogP contribution in [0.4, 0.5) is 0 Å². The van der Waals surface area contributed by atoms with Crippen molar-refractivity contribution in [2.24, 2.45) is 0 Å². The fourth-order valence-electron chi connectivity index (χ4n) is 10.9. The maximum Gasteiger partial charge on any atom is 0.306 e. The van der Waals surface area contributed by atoms with E-state index in [1.54, 1.807) is 6.08 Å². The van der Waals surface area contributed by atoms with Gasteiger partial charge in [-0.25, -0.2) is 0 Å². The number of unbranched alkanes of at least 4 members (excludes halogenated alkanes) is 40. The van der Waals surface area contributed by atoms with Gasteiger partial charge in [-0.1, -0.05) is 288 Å². The van der Waals surface area contributed by atoms with Gasteiger partial charge in [-0.15, -0.1) is 0 Å². The lowest BCUT2D eigenvalue weighted by atomic mass is 9.99. The number of aliphatic hydroxyl groups is 5. The molecule has 0 bridgehead atoms. The Morgan fingerprint density at radius 1 is 0.476 bits per heavy atom. The first-order chi connectivity index (χ1) is 40.2. The van der Waals surface area contributed by atoms with Crippen molar-refractivity contribution in [1.29, 1.82) is 0 Å². The number of allylic oxidation sites excluding steroid dienone is 7. The number of aliphatic hydroxyl groups excluding tert-OH is 5. The first-order valence-corrected chi connectivity index (χ1v) is 34.9. The summed E-state index contributed by atoms with van der Waals surface area (Å²) in [5.74, 6) is -1.19. The molecule has 11 nitrogen and oxygen atoms in total. The Kier molecular flexibility index (Phi) is 55.8. The first kappa shape index (κ1) is 77.6. The molecule has 82 heavy (non-hydrogen) atoms. The molecule has 8 unspecified atom stereocenters. The van der Waals surface area contributed by atoms with Crippen LogP contribution in [0.3, 0.4) is 0 Å². The van der Waals surface area contributed by atoms with E-state index in [1.165, 1.54) is 218 Å². The SMILES string of the molecule is CCCCC/C=C\C/C=C\CCCCCCCCCCCCCC(=O)OC1C(OCC(NC(=O)C(O)CCCCCCCCCCCC/C=C/CCCCCCCC)C(O)/C=C/CCCCCCCCCCCC)OC(CO)C(O)C1O. The van der Waals surface area contributed by atoms with Crippen LogP contribution >= 0.6 is 0 Å². The van der Waals surface area contributed by atoms with E-state index in [1.807, 2.05) is 6.08 Å². The van der Waals surface area contributed by atoms with Crippen LogP contribution in [0, 0.1) is 0 Å².